The lowest BCUT2D eigenvalue weighted by Gasteiger charge is -2.31. The van der Waals surface area contributed by atoms with Gasteiger partial charge in [0.25, 0.3) is 0 Å². The minimum Gasteiger partial charge on any atom is -0.377 e. The zero-order chi connectivity index (χ0) is 15.1. The van der Waals surface area contributed by atoms with Crippen LogP contribution in [0.15, 0.2) is 6.07 Å². The van der Waals surface area contributed by atoms with E-state index in [4.69, 9.17) is 4.74 Å². The molecule has 1 heterocycles. The van der Waals surface area contributed by atoms with Gasteiger partial charge < -0.3 is 15.4 Å². The molecule has 1 saturated carbocycles. The number of rotatable bonds is 7. The van der Waals surface area contributed by atoms with E-state index in [0.29, 0.717) is 17.9 Å². The molecule has 2 N–H and O–H groups in total. The van der Waals surface area contributed by atoms with Gasteiger partial charge in [0.05, 0.1) is 0 Å². The van der Waals surface area contributed by atoms with Crippen LogP contribution in [0.2, 0.25) is 0 Å². The molecule has 0 radical (unpaired) electrons. The molecule has 0 spiro atoms. The number of aromatic nitrogens is 2. The number of methoxy groups -OCH3 is 1. The lowest BCUT2D eigenvalue weighted by atomic mass is 9.95. The Labute approximate surface area is 131 Å². The molecule has 0 aromatic carbocycles. The van der Waals surface area contributed by atoms with Crippen molar-refractivity contribution in [2.45, 2.75) is 50.5 Å². The first-order valence-corrected chi connectivity index (χ1v) is 8.95. The number of anilines is 2. The third-order valence-electron chi connectivity index (χ3n) is 3.74. The maximum absolute atomic E-state index is 5.16. The zero-order valence-corrected chi connectivity index (χ0v) is 14.0. The van der Waals surface area contributed by atoms with E-state index in [0.717, 1.165) is 24.0 Å². The van der Waals surface area contributed by atoms with Gasteiger partial charge in [-0.2, -0.15) is 11.8 Å². The van der Waals surface area contributed by atoms with Crippen LogP contribution in [0.5, 0.6) is 0 Å². The summed E-state index contributed by atoms with van der Waals surface area (Å²) < 4.78 is 5.16. The van der Waals surface area contributed by atoms with Crippen LogP contribution in [0.4, 0.5) is 11.6 Å². The molecule has 1 aliphatic rings. The van der Waals surface area contributed by atoms with Gasteiger partial charge in [-0.15, -0.1) is 0 Å². The second kappa shape index (κ2) is 8.44. The predicted molar refractivity (Wildman–Crippen MR) is 90.1 cm³/mol. The van der Waals surface area contributed by atoms with Crippen molar-refractivity contribution in [3.05, 3.63) is 11.9 Å². The molecule has 1 aromatic heterocycles. The highest BCUT2D eigenvalue weighted by Gasteiger charge is 2.24. The molecule has 5 nitrogen and oxygen atoms in total. The number of thioether (sulfide) groups is 1. The van der Waals surface area contributed by atoms with Crippen molar-refractivity contribution in [2.24, 2.45) is 0 Å². The Kier molecular flexibility index (Phi) is 6.57. The van der Waals surface area contributed by atoms with E-state index in [1.807, 2.05) is 17.8 Å². The summed E-state index contributed by atoms with van der Waals surface area (Å²) in [6, 6.07) is 2.49. The first-order valence-electron chi connectivity index (χ1n) is 7.67. The molecule has 0 amide bonds. The van der Waals surface area contributed by atoms with E-state index in [1.54, 1.807) is 7.11 Å². The van der Waals surface area contributed by atoms with Crippen molar-refractivity contribution < 1.29 is 4.74 Å². The van der Waals surface area contributed by atoms with Crippen molar-refractivity contribution in [1.29, 1.82) is 0 Å². The molecule has 0 bridgehead atoms. The molecule has 1 fully saturated rings. The van der Waals surface area contributed by atoms with Crippen LogP contribution in [0.1, 0.15) is 38.4 Å². The smallest absolute Gasteiger partial charge is 0.158 e. The van der Waals surface area contributed by atoms with Gasteiger partial charge >= 0.3 is 0 Å². The van der Waals surface area contributed by atoms with Gasteiger partial charge in [0.15, 0.2) is 5.82 Å². The minimum atomic E-state index is 0.435. The first-order chi connectivity index (χ1) is 10.3. The fraction of sp³-hybridized carbons (Fsp3) is 0.733. The standard InChI is InChI=1S/C15H26N4OS/c1-4-16-13-9-14(19-15(18-13)10-20-2)17-11-7-5-6-8-12(11)21-3/h9,11-12H,4-8,10H2,1-3H3,(H2,16,17,18,19). The molecule has 1 aliphatic carbocycles. The first kappa shape index (κ1) is 16.4. The van der Waals surface area contributed by atoms with Gasteiger partial charge in [-0.3, -0.25) is 0 Å². The normalized spacial score (nSPS) is 22.0. The Morgan fingerprint density at radius 3 is 2.76 bits per heavy atom. The lowest BCUT2D eigenvalue weighted by Crippen LogP contribution is -2.34. The highest BCUT2D eigenvalue weighted by molar-refractivity contribution is 7.99. The van der Waals surface area contributed by atoms with Gasteiger partial charge in [0.2, 0.25) is 0 Å². The molecular formula is C15H26N4OS. The molecule has 2 atom stereocenters. The van der Waals surface area contributed by atoms with Gasteiger partial charge in [-0.05, 0) is 26.0 Å². The van der Waals surface area contributed by atoms with Gasteiger partial charge in [0.1, 0.15) is 18.2 Å². The molecule has 2 rings (SSSR count). The number of ether oxygens (including phenoxy) is 1. The maximum Gasteiger partial charge on any atom is 0.158 e. The summed E-state index contributed by atoms with van der Waals surface area (Å²) in [4.78, 5) is 9.02. The van der Waals surface area contributed by atoms with E-state index >= 15 is 0 Å². The number of hydrogen-bond donors (Lipinski definition) is 2. The fourth-order valence-corrected chi connectivity index (χ4v) is 3.71. The van der Waals surface area contributed by atoms with Crippen LogP contribution in [0.25, 0.3) is 0 Å². The van der Waals surface area contributed by atoms with Crippen molar-refractivity contribution in [2.75, 3.05) is 30.5 Å². The van der Waals surface area contributed by atoms with Crippen LogP contribution in [-0.2, 0) is 11.3 Å². The maximum atomic E-state index is 5.16. The minimum absolute atomic E-state index is 0.435. The number of hydrogen-bond acceptors (Lipinski definition) is 6. The van der Waals surface area contributed by atoms with Gasteiger partial charge in [-0.25, -0.2) is 9.97 Å². The second-order valence-electron chi connectivity index (χ2n) is 5.33. The van der Waals surface area contributed by atoms with Crippen LogP contribution in [-0.4, -0.2) is 41.2 Å². The van der Waals surface area contributed by atoms with E-state index in [9.17, 15) is 0 Å². The second-order valence-corrected chi connectivity index (χ2v) is 6.40. The highest BCUT2D eigenvalue weighted by Crippen LogP contribution is 2.29. The number of nitrogens with one attached hydrogen (secondary N) is 2. The van der Waals surface area contributed by atoms with Crippen LogP contribution >= 0.6 is 11.8 Å². The largest absolute Gasteiger partial charge is 0.377 e. The van der Waals surface area contributed by atoms with Gasteiger partial charge in [0, 0.05) is 31.0 Å². The Morgan fingerprint density at radius 2 is 2.05 bits per heavy atom. The quantitative estimate of drug-likeness (QED) is 0.807. The summed E-state index contributed by atoms with van der Waals surface area (Å²) in [7, 11) is 1.67. The molecular weight excluding hydrogens is 284 g/mol. The molecule has 118 valence electrons. The van der Waals surface area contributed by atoms with Crippen LogP contribution < -0.4 is 10.6 Å². The average Bonchev–Trinajstić information content (AvgIpc) is 2.48. The third kappa shape index (κ3) is 4.74. The van der Waals surface area contributed by atoms with Crippen molar-refractivity contribution in [3.63, 3.8) is 0 Å². The Balaban J connectivity index is 2.13. The van der Waals surface area contributed by atoms with Crippen molar-refractivity contribution >= 4 is 23.4 Å². The third-order valence-corrected chi connectivity index (χ3v) is 4.91. The van der Waals surface area contributed by atoms with Crippen molar-refractivity contribution in [1.82, 2.24) is 9.97 Å². The van der Waals surface area contributed by atoms with E-state index in [1.165, 1.54) is 25.7 Å². The highest BCUT2D eigenvalue weighted by atomic mass is 32.2. The summed E-state index contributed by atoms with van der Waals surface area (Å²) in [6.07, 6.45) is 7.33. The Hall–Kier alpha value is -1.01. The Bertz CT molecular complexity index is 419. The monoisotopic (exact) mass is 310 g/mol. The van der Waals surface area contributed by atoms with E-state index < -0.39 is 0 Å². The molecule has 1 aromatic rings. The summed E-state index contributed by atoms with van der Waals surface area (Å²) in [5, 5.41) is 7.54. The molecule has 0 aliphatic heterocycles. The number of nitrogens with zero attached hydrogens (tertiary/aromatic N) is 2. The van der Waals surface area contributed by atoms with E-state index in [-0.39, 0.29) is 0 Å². The summed E-state index contributed by atoms with van der Waals surface area (Å²) >= 11 is 1.96. The van der Waals surface area contributed by atoms with Crippen molar-refractivity contribution in [3.8, 4) is 0 Å². The van der Waals surface area contributed by atoms with Crippen LogP contribution in [0.3, 0.4) is 0 Å². The SMILES string of the molecule is CCNc1cc(NC2CCCCC2SC)nc(COC)n1. The lowest BCUT2D eigenvalue weighted by molar-refractivity contribution is 0.178. The molecule has 0 saturated heterocycles. The zero-order valence-electron chi connectivity index (χ0n) is 13.2. The predicted octanol–water partition coefficient (Wildman–Crippen LogP) is 3.14. The Morgan fingerprint density at radius 1 is 1.29 bits per heavy atom. The van der Waals surface area contributed by atoms with Gasteiger partial charge in [-0.1, -0.05) is 12.8 Å². The topological polar surface area (TPSA) is 59.1 Å². The fourth-order valence-electron chi connectivity index (χ4n) is 2.77. The summed E-state index contributed by atoms with van der Waals surface area (Å²) in [5.74, 6) is 2.48. The summed E-state index contributed by atoms with van der Waals surface area (Å²) in [6.45, 7) is 3.35. The average molecular weight is 310 g/mol. The van der Waals surface area contributed by atoms with Crippen LogP contribution in [0, 0.1) is 0 Å². The molecule has 21 heavy (non-hydrogen) atoms. The molecule has 6 heteroatoms. The van der Waals surface area contributed by atoms with E-state index in [2.05, 4.69) is 33.8 Å². The molecule has 2 unspecified atom stereocenters. The summed E-state index contributed by atoms with van der Waals surface area (Å²) in [5.41, 5.74) is 0.